The Bertz CT molecular complexity index is 211. The summed E-state index contributed by atoms with van der Waals surface area (Å²) < 4.78 is 18.5. The minimum Gasteiger partial charge on any atom is -0.374 e. The highest BCUT2D eigenvalue weighted by Gasteiger charge is 2.50. The zero-order valence-electron chi connectivity index (χ0n) is 12.5. The van der Waals surface area contributed by atoms with Gasteiger partial charge in [-0.05, 0) is 40.0 Å². The third-order valence-corrected chi connectivity index (χ3v) is 7.43. The topological polar surface area (TPSA) is 27.7 Å². The minimum atomic E-state index is -2.48. The first-order chi connectivity index (χ1) is 8.68. The molecule has 0 radical (unpaired) electrons. The van der Waals surface area contributed by atoms with Gasteiger partial charge in [0, 0.05) is 24.9 Å². The van der Waals surface area contributed by atoms with E-state index >= 15 is 0 Å². The van der Waals surface area contributed by atoms with Gasteiger partial charge < -0.3 is 13.3 Å². The van der Waals surface area contributed by atoms with E-state index < -0.39 is 8.80 Å². The highest BCUT2D eigenvalue weighted by molar-refractivity contribution is 6.62. The van der Waals surface area contributed by atoms with Gasteiger partial charge in [0.25, 0.3) is 0 Å². The normalized spacial score (nSPS) is 20.0. The molecule has 0 aliphatic heterocycles. The van der Waals surface area contributed by atoms with Gasteiger partial charge >= 0.3 is 8.80 Å². The SMILES string of the molecule is CCO[Si](OCC)(OC(C)CC)C1CCCCC1. The molecular formula is C14H30O3Si. The van der Waals surface area contributed by atoms with Crippen molar-refractivity contribution in [3.05, 3.63) is 0 Å². The monoisotopic (exact) mass is 274 g/mol. The first-order valence-electron chi connectivity index (χ1n) is 7.64. The molecule has 1 unspecified atom stereocenters. The quantitative estimate of drug-likeness (QED) is 0.622. The molecule has 1 aliphatic carbocycles. The molecule has 108 valence electrons. The van der Waals surface area contributed by atoms with Crippen molar-refractivity contribution >= 4 is 8.80 Å². The third-order valence-electron chi connectivity index (χ3n) is 3.74. The number of rotatable bonds is 8. The van der Waals surface area contributed by atoms with E-state index in [1.165, 1.54) is 32.1 Å². The lowest BCUT2D eigenvalue weighted by Gasteiger charge is -2.39. The molecule has 0 bridgehead atoms. The van der Waals surface area contributed by atoms with E-state index in [4.69, 9.17) is 13.3 Å². The molecule has 3 nitrogen and oxygen atoms in total. The van der Waals surface area contributed by atoms with E-state index in [1.807, 2.05) is 13.8 Å². The van der Waals surface area contributed by atoms with Gasteiger partial charge in [0.2, 0.25) is 0 Å². The van der Waals surface area contributed by atoms with Gasteiger partial charge in [-0.1, -0.05) is 26.2 Å². The van der Waals surface area contributed by atoms with Crippen LogP contribution >= 0.6 is 0 Å². The summed E-state index contributed by atoms with van der Waals surface area (Å²) in [5.41, 5.74) is 0.514. The second-order valence-corrected chi connectivity index (χ2v) is 7.98. The average Bonchev–Trinajstić information content (AvgIpc) is 2.40. The van der Waals surface area contributed by atoms with E-state index in [-0.39, 0.29) is 6.10 Å². The third kappa shape index (κ3) is 4.33. The Balaban J connectivity index is 2.79. The molecule has 1 rings (SSSR count). The molecule has 0 aromatic rings. The van der Waals surface area contributed by atoms with Crippen LogP contribution in [0.25, 0.3) is 0 Å². The molecule has 18 heavy (non-hydrogen) atoms. The number of hydrogen-bond acceptors (Lipinski definition) is 3. The molecule has 0 amide bonds. The maximum absolute atomic E-state index is 6.30. The summed E-state index contributed by atoms with van der Waals surface area (Å²) in [6.07, 6.45) is 7.61. The summed E-state index contributed by atoms with van der Waals surface area (Å²) in [5.74, 6) is 0. The highest BCUT2D eigenvalue weighted by atomic mass is 28.4. The van der Waals surface area contributed by atoms with E-state index in [1.54, 1.807) is 0 Å². The Morgan fingerprint density at radius 1 is 1.00 bits per heavy atom. The van der Waals surface area contributed by atoms with Crippen LogP contribution < -0.4 is 0 Å². The van der Waals surface area contributed by atoms with Crippen molar-refractivity contribution in [2.24, 2.45) is 0 Å². The van der Waals surface area contributed by atoms with Gasteiger partial charge in [-0.15, -0.1) is 0 Å². The molecular weight excluding hydrogens is 244 g/mol. The van der Waals surface area contributed by atoms with E-state index in [2.05, 4.69) is 13.8 Å². The van der Waals surface area contributed by atoms with Gasteiger partial charge in [-0.3, -0.25) is 0 Å². The van der Waals surface area contributed by atoms with Gasteiger partial charge in [0.1, 0.15) is 0 Å². The van der Waals surface area contributed by atoms with Crippen LogP contribution in [0.1, 0.15) is 66.2 Å². The van der Waals surface area contributed by atoms with Crippen molar-refractivity contribution < 1.29 is 13.3 Å². The number of hydrogen-bond donors (Lipinski definition) is 0. The smallest absolute Gasteiger partial charge is 0.374 e. The second-order valence-electron chi connectivity index (χ2n) is 5.14. The lowest BCUT2D eigenvalue weighted by Crippen LogP contribution is -2.52. The summed E-state index contributed by atoms with van der Waals surface area (Å²) >= 11 is 0. The maximum Gasteiger partial charge on any atom is 0.504 e. The molecule has 1 fully saturated rings. The van der Waals surface area contributed by atoms with Crippen molar-refractivity contribution in [2.45, 2.75) is 77.9 Å². The van der Waals surface area contributed by atoms with Crippen LogP contribution in [0.4, 0.5) is 0 Å². The molecule has 0 spiro atoms. The lowest BCUT2D eigenvalue weighted by molar-refractivity contribution is 0.0244. The largest absolute Gasteiger partial charge is 0.504 e. The Labute approximate surface area is 114 Å². The fourth-order valence-electron chi connectivity index (χ4n) is 2.66. The Kier molecular flexibility index (Phi) is 7.45. The molecule has 0 aromatic carbocycles. The maximum atomic E-state index is 6.30. The highest BCUT2D eigenvalue weighted by Crippen LogP contribution is 2.39. The van der Waals surface area contributed by atoms with Crippen LogP contribution in [0.5, 0.6) is 0 Å². The Morgan fingerprint density at radius 2 is 1.56 bits per heavy atom. The predicted molar refractivity (Wildman–Crippen MR) is 76.7 cm³/mol. The van der Waals surface area contributed by atoms with Crippen LogP contribution in [0, 0.1) is 0 Å². The van der Waals surface area contributed by atoms with Crippen molar-refractivity contribution in [3.63, 3.8) is 0 Å². The van der Waals surface area contributed by atoms with Crippen LogP contribution in [0.2, 0.25) is 5.54 Å². The zero-order valence-corrected chi connectivity index (χ0v) is 13.5. The summed E-state index contributed by atoms with van der Waals surface area (Å²) in [6, 6.07) is 0. The van der Waals surface area contributed by atoms with Gasteiger partial charge in [0.05, 0.1) is 0 Å². The van der Waals surface area contributed by atoms with Crippen LogP contribution in [-0.2, 0) is 13.3 Å². The van der Waals surface area contributed by atoms with E-state index in [9.17, 15) is 0 Å². The molecule has 0 aromatic heterocycles. The van der Waals surface area contributed by atoms with Crippen molar-refractivity contribution in [2.75, 3.05) is 13.2 Å². The fraction of sp³-hybridized carbons (Fsp3) is 1.00. The molecule has 0 saturated heterocycles. The van der Waals surface area contributed by atoms with E-state index in [0.717, 1.165) is 6.42 Å². The standard InChI is InChI=1S/C14H30O3Si/c1-5-13(4)17-18(15-6-2,16-7-3)14-11-9-8-10-12-14/h13-14H,5-12H2,1-4H3. The molecule has 1 saturated carbocycles. The second kappa shape index (κ2) is 8.30. The lowest BCUT2D eigenvalue weighted by atomic mass is 10.0. The van der Waals surface area contributed by atoms with Crippen LogP contribution in [-0.4, -0.2) is 28.1 Å². The van der Waals surface area contributed by atoms with Crippen molar-refractivity contribution in [3.8, 4) is 0 Å². The molecule has 1 atom stereocenters. The van der Waals surface area contributed by atoms with Crippen molar-refractivity contribution in [1.82, 2.24) is 0 Å². The molecule has 4 heteroatoms. The van der Waals surface area contributed by atoms with Crippen LogP contribution in [0.3, 0.4) is 0 Å². The van der Waals surface area contributed by atoms with Gasteiger partial charge in [0.15, 0.2) is 0 Å². The molecule has 0 heterocycles. The summed E-state index contributed by atoms with van der Waals surface area (Å²) in [4.78, 5) is 0. The molecule has 1 aliphatic rings. The Morgan fingerprint density at radius 3 is 2.00 bits per heavy atom. The summed E-state index contributed by atoms with van der Waals surface area (Å²) in [7, 11) is -2.48. The molecule has 0 N–H and O–H groups in total. The first kappa shape index (κ1) is 16.2. The zero-order chi connectivity index (χ0) is 13.4. The van der Waals surface area contributed by atoms with Gasteiger partial charge in [-0.2, -0.15) is 0 Å². The Hall–Kier alpha value is 0.0969. The fourth-order valence-corrected chi connectivity index (χ4v) is 6.19. The van der Waals surface area contributed by atoms with E-state index in [0.29, 0.717) is 18.8 Å². The van der Waals surface area contributed by atoms with Crippen molar-refractivity contribution in [1.29, 1.82) is 0 Å². The van der Waals surface area contributed by atoms with Gasteiger partial charge in [-0.25, -0.2) is 0 Å². The minimum absolute atomic E-state index is 0.233. The van der Waals surface area contributed by atoms with Crippen LogP contribution in [0.15, 0.2) is 0 Å². The summed E-state index contributed by atoms with van der Waals surface area (Å²) in [5, 5.41) is 0. The average molecular weight is 274 g/mol. The first-order valence-corrected chi connectivity index (χ1v) is 9.44. The predicted octanol–water partition coefficient (Wildman–Crippen LogP) is 4.15. The summed E-state index contributed by atoms with van der Waals surface area (Å²) in [6.45, 7) is 9.76.